The number of hydrogen-bond donors (Lipinski definition) is 1. The third kappa shape index (κ3) is 7.18. The number of quaternary nitrogens is 1. The van der Waals surface area contributed by atoms with Gasteiger partial charge < -0.3 is 38.0 Å². The molecule has 4 heterocycles. The molecule has 4 atom stereocenters. The molecule has 8 rings (SSSR count). The highest BCUT2D eigenvalue weighted by Gasteiger charge is 2.48. The molecule has 0 spiro atoms. The van der Waals surface area contributed by atoms with Crippen molar-refractivity contribution >= 4 is 11.9 Å². The summed E-state index contributed by atoms with van der Waals surface area (Å²) in [6.45, 7) is 4.81. The zero-order chi connectivity index (χ0) is 39.0. The molecule has 0 radical (unpaired) electrons. The lowest BCUT2D eigenvalue weighted by molar-refractivity contribution is -0.956. The highest BCUT2D eigenvalue weighted by Crippen LogP contribution is 2.53. The Bertz CT molecular complexity index is 2100. The normalized spacial score (nSPS) is 20.8. The van der Waals surface area contributed by atoms with Gasteiger partial charge in [-0.15, -0.1) is 0 Å². The first-order valence-electron chi connectivity index (χ1n) is 19.0. The summed E-state index contributed by atoms with van der Waals surface area (Å²) in [7, 11) is 8.96. The summed E-state index contributed by atoms with van der Waals surface area (Å²) in [5, 5.41) is 10.7. The number of nitrogens with zero attached hydrogens (tertiary/aromatic N) is 2. The Morgan fingerprint density at radius 3 is 2.24 bits per heavy atom. The highest BCUT2D eigenvalue weighted by molar-refractivity contribution is 5.74. The van der Waals surface area contributed by atoms with E-state index in [0.717, 1.165) is 52.8 Å². The fourth-order valence-electron chi connectivity index (χ4n) is 8.84. The summed E-state index contributed by atoms with van der Waals surface area (Å²) in [4.78, 5) is 28.0. The molecule has 4 aromatic rings. The van der Waals surface area contributed by atoms with Gasteiger partial charge in [0.2, 0.25) is 5.75 Å². The Hall–Kier alpha value is -5.26. The third-order valence-electron chi connectivity index (χ3n) is 11.8. The van der Waals surface area contributed by atoms with Crippen LogP contribution in [0.4, 0.5) is 0 Å². The number of likely N-dealkylation sites (N-methyl/N-ethyl adjacent to an activating group) is 2. The molecule has 4 aliphatic heterocycles. The number of benzene rings is 4. The Balaban J connectivity index is 1.51. The number of hydrogen-bond acceptors (Lipinski definition) is 9. The minimum absolute atomic E-state index is 0.188. The maximum absolute atomic E-state index is 13.0. The Labute approximate surface area is 322 Å². The minimum atomic E-state index is -0.804. The monoisotopic (exact) mass is 751 g/mol. The van der Waals surface area contributed by atoms with Crippen LogP contribution in [0.5, 0.6) is 46.0 Å². The molecule has 0 fully saturated rings. The lowest BCUT2D eigenvalue weighted by Crippen LogP contribution is -2.60. The van der Waals surface area contributed by atoms with Gasteiger partial charge in [-0.05, 0) is 91.0 Å². The number of rotatable bonds is 8. The van der Waals surface area contributed by atoms with Gasteiger partial charge in [0, 0.05) is 49.9 Å². The third-order valence-corrected chi connectivity index (χ3v) is 11.8. The zero-order valence-corrected chi connectivity index (χ0v) is 32.8. The molecule has 0 amide bonds. The maximum Gasteiger partial charge on any atom is 0.362 e. The van der Waals surface area contributed by atoms with E-state index in [4.69, 9.17) is 28.4 Å². The molecular formula is C44H51N2O9+. The van der Waals surface area contributed by atoms with Gasteiger partial charge in [-0.25, -0.2) is 4.79 Å². The predicted octanol–water partition coefficient (Wildman–Crippen LogP) is 7.85. The van der Waals surface area contributed by atoms with E-state index in [2.05, 4.69) is 31.1 Å². The molecule has 4 unspecified atom stereocenters. The number of carboxylic acids is 1. The minimum Gasteiger partial charge on any atom is -0.493 e. The van der Waals surface area contributed by atoms with Crippen molar-refractivity contribution in [1.82, 2.24) is 4.90 Å². The average Bonchev–Trinajstić information content (AvgIpc) is 3.16. The molecule has 290 valence electrons. The van der Waals surface area contributed by atoms with Crippen LogP contribution in [0.1, 0.15) is 72.2 Å². The van der Waals surface area contributed by atoms with Gasteiger partial charge in [-0.1, -0.05) is 25.1 Å². The van der Waals surface area contributed by atoms with Crippen LogP contribution in [0.15, 0.2) is 60.7 Å². The largest absolute Gasteiger partial charge is 0.493 e. The van der Waals surface area contributed by atoms with Crippen LogP contribution in [0.3, 0.4) is 0 Å². The van der Waals surface area contributed by atoms with Gasteiger partial charge in [0.25, 0.3) is 0 Å². The van der Waals surface area contributed by atoms with Crippen LogP contribution >= 0.6 is 0 Å². The van der Waals surface area contributed by atoms with Crippen molar-refractivity contribution in [2.24, 2.45) is 0 Å². The van der Waals surface area contributed by atoms with E-state index in [-0.39, 0.29) is 17.8 Å². The molecule has 0 aliphatic carbocycles. The van der Waals surface area contributed by atoms with Crippen LogP contribution in [0.2, 0.25) is 0 Å². The molecule has 4 aromatic carbocycles. The second-order valence-corrected chi connectivity index (χ2v) is 15.1. The first kappa shape index (κ1) is 38.0. The van der Waals surface area contributed by atoms with E-state index in [1.54, 1.807) is 21.3 Å². The van der Waals surface area contributed by atoms with E-state index in [1.165, 1.54) is 6.92 Å². The number of carbonyl (C=O) groups is 2. The van der Waals surface area contributed by atoms with E-state index in [1.807, 2.05) is 55.5 Å². The topological polar surface area (TPSA) is 113 Å². The summed E-state index contributed by atoms with van der Waals surface area (Å²) >= 11 is 0. The van der Waals surface area contributed by atoms with Crippen molar-refractivity contribution in [2.45, 2.75) is 70.5 Å². The standard InChI is InChI=1S/C44H50N2O9/c1-8-9-34(44(48)49)46(4)19-17-29-23-37(51-6)39-25-32(29)35(46)21-27-10-13-31(14-11-27)54-38-22-28(12-15-36(38)50-5)20-33-41-30(16-18-45(33)3)24-40(52-7)42(43(41)55-39)53-26(2)47/h10-15,22-25,33-35H,8-9,16-21H2,1-7H3/p+1. The Morgan fingerprint density at radius 1 is 0.873 bits per heavy atom. The van der Waals surface area contributed by atoms with E-state index in [9.17, 15) is 14.7 Å². The molecule has 0 aromatic heterocycles. The lowest BCUT2D eigenvalue weighted by Gasteiger charge is -2.49. The van der Waals surface area contributed by atoms with Crippen molar-refractivity contribution < 1.29 is 47.6 Å². The molecule has 11 heteroatoms. The zero-order valence-electron chi connectivity index (χ0n) is 32.8. The van der Waals surface area contributed by atoms with E-state index < -0.39 is 18.0 Å². The number of ether oxygens (including phenoxy) is 6. The molecule has 0 saturated heterocycles. The molecule has 0 saturated carbocycles. The van der Waals surface area contributed by atoms with E-state index >= 15 is 0 Å². The summed E-state index contributed by atoms with van der Waals surface area (Å²) in [6, 6.07) is 18.9. The molecule has 4 aliphatic rings. The van der Waals surface area contributed by atoms with Gasteiger partial charge in [-0.3, -0.25) is 9.69 Å². The van der Waals surface area contributed by atoms with Gasteiger partial charge in [0.15, 0.2) is 40.5 Å². The SMILES string of the molecule is CCCC(C(=O)O)[N+]1(C)CCc2cc(OC)c3cc2C1Cc1ccc(cc1)Oc1cc(ccc1OC)CC1c2c(cc(OC)c(OC(C)=O)c2O3)CCN1C. The Morgan fingerprint density at radius 2 is 1.56 bits per heavy atom. The van der Waals surface area contributed by atoms with Gasteiger partial charge in [0.05, 0.1) is 34.9 Å². The number of aliphatic carboxylic acids is 1. The number of carboxylic acid groups (broad SMARTS) is 1. The van der Waals surface area contributed by atoms with Crippen molar-refractivity contribution in [2.75, 3.05) is 48.5 Å². The first-order valence-corrected chi connectivity index (χ1v) is 19.0. The first-order chi connectivity index (χ1) is 26.5. The lowest BCUT2D eigenvalue weighted by atomic mass is 9.84. The average molecular weight is 752 g/mol. The Kier molecular flexibility index (Phi) is 10.7. The van der Waals surface area contributed by atoms with Crippen LogP contribution in [0, 0.1) is 0 Å². The molecule has 6 bridgehead atoms. The highest BCUT2D eigenvalue weighted by atomic mass is 16.6. The summed E-state index contributed by atoms with van der Waals surface area (Å²) in [6.07, 6.45) is 3.82. The van der Waals surface area contributed by atoms with Crippen molar-refractivity contribution in [3.8, 4) is 46.0 Å². The summed E-state index contributed by atoms with van der Waals surface area (Å²) in [5.41, 5.74) is 6.03. The van der Waals surface area contributed by atoms with Crippen molar-refractivity contribution in [3.05, 3.63) is 94.0 Å². The second kappa shape index (κ2) is 15.5. The fraction of sp³-hybridized carbons (Fsp3) is 0.409. The number of methoxy groups -OCH3 is 3. The van der Waals surface area contributed by atoms with Gasteiger partial charge in [0.1, 0.15) is 11.8 Å². The number of esters is 1. The molecular weight excluding hydrogens is 700 g/mol. The van der Waals surface area contributed by atoms with Gasteiger partial charge >= 0.3 is 11.9 Å². The smallest absolute Gasteiger partial charge is 0.362 e. The van der Waals surface area contributed by atoms with Crippen molar-refractivity contribution in [1.29, 1.82) is 0 Å². The van der Waals surface area contributed by atoms with E-state index in [0.29, 0.717) is 77.0 Å². The van der Waals surface area contributed by atoms with Gasteiger partial charge in [-0.2, -0.15) is 0 Å². The number of fused-ring (bicyclic) bond motifs is 2. The van der Waals surface area contributed by atoms with Crippen LogP contribution < -0.4 is 28.4 Å². The quantitative estimate of drug-likeness (QED) is 0.109. The van der Waals surface area contributed by atoms with Crippen LogP contribution in [-0.4, -0.2) is 81.0 Å². The number of carbonyl (C=O) groups excluding carboxylic acids is 1. The fourth-order valence-corrected chi connectivity index (χ4v) is 8.84. The maximum atomic E-state index is 13.0. The second-order valence-electron chi connectivity index (χ2n) is 15.1. The van der Waals surface area contributed by atoms with Crippen LogP contribution in [-0.2, 0) is 35.3 Å². The summed E-state index contributed by atoms with van der Waals surface area (Å²) < 4.78 is 37.5. The summed E-state index contributed by atoms with van der Waals surface area (Å²) in [5.74, 6) is 2.46. The molecule has 11 nitrogen and oxygen atoms in total. The predicted molar refractivity (Wildman–Crippen MR) is 207 cm³/mol. The van der Waals surface area contributed by atoms with Crippen LogP contribution in [0.25, 0.3) is 0 Å². The van der Waals surface area contributed by atoms with Crippen molar-refractivity contribution in [3.63, 3.8) is 0 Å². The molecule has 55 heavy (non-hydrogen) atoms. The molecule has 1 N–H and O–H groups in total.